The first-order chi connectivity index (χ1) is 9.77. The van der Waals surface area contributed by atoms with E-state index in [2.05, 4.69) is 6.92 Å². The average molecular weight is 326 g/mol. The Bertz CT molecular complexity index is 282. The summed E-state index contributed by atoms with van der Waals surface area (Å²) in [6.45, 7) is 4.34. The molecule has 0 aromatic heterocycles. The number of ether oxygens (including phenoxy) is 1. The fraction of sp³-hybridized carbons (Fsp3) is 0.278. The first-order valence-electron chi connectivity index (χ1n) is 7.04. The van der Waals surface area contributed by atoms with Crippen molar-refractivity contribution in [2.45, 2.75) is 26.7 Å². The van der Waals surface area contributed by atoms with Gasteiger partial charge in [-0.3, -0.25) is 0 Å². The van der Waals surface area contributed by atoms with E-state index >= 15 is 0 Å². The molecular formula is C18H22FeO2+2. The largest absolute Gasteiger partial charge is 2.00 e. The summed E-state index contributed by atoms with van der Waals surface area (Å²) in [4.78, 5) is 11.3. The van der Waals surface area contributed by atoms with Crippen LogP contribution in [0.1, 0.15) is 26.7 Å². The molecule has 2 fully saturated rings. The van der Waals surface area contributed by atoms with Gasteiger partial charge in [0, 0.05) is 12.0 Å². The molecular weight excluding hydrogens is 304 g/mol. The number of carbonyl (C=O) groups excluding carboxylic acids is 1. The molecule has 2 saturated carbocycles. The first-order valence-corrected chi connectivity index (χ1v) is 7.04. The summed E-state index contributed by atoms with van der Waals surface area (Å²) >= 11 is 0. The molecule has 3 heteroatoms. The molecule has 0 spiro atoms. The fourth-order valence-electron chi connectivity index (χ4n) is 1.80. The maximum absolute atomic E-state index is 11.3. The smallest absolute Gasteiger partial charge is 0.463 e. The summed E-state index contributed by atoms with van der Waals surface area (Å²) in [6.07, 6.45) is 21.5. The summed E-state index contributed by atoms with van der Waals surface area (Å²) in [5.41, 5.74) is 1.06. The normalized spacial score (nSPS) is 18.7. The van der Waals surface area contributed by atoms with E-state index in [1.807, 2.05) is 64.7 Å². The minimum Gasteiger partial charge on any atom is -0.463 e. The van der Waals surface area contributed by atoms with Crippen molar-refractivity contribution in [3.8, 4) is 0 Å². The standard InChI is InChI=1S/C13H17O2.C5H5.Fe/c1-3-7-12(10-13(14)15-4-2)11-8-5-6-9-11;1-2-4-5-3-1;/h5-6,8-10H,3-4,7H2,1-2H3;1-5H;/q;;+2/b12-10+;;. The van der Waals surface area contributed by atoms with Gasteiger partial charge >= 0.3 is 23.0 Å². The van der Waals surface area contributed by atoms with Crippen molar-refractivity contribution in [2.24, 2.45) is 0 Å². The zero-order valence-electron chi connectivity index (χ0n) is 12.6. The zero-order chi connectivity index (χ0) is 14.6. The minimum atomic E-state index is -0.248. The molecule has 2 aliphatic carbocycles. The predicted molar refractivity (Wildman–Crippen MR) is 81.6 cm³/mol. The third-order valence-electron chi connectivity index (χ3n) is 2.69. The SMILES string of the molecule is CCC/C(=C\C(=O)OCC)[C]1[CH][CH][CH][CH]1.[CH]1[CH][CH][CH][CH]1.[Fe+2]. The summed E-state index contributed by atoms with van der Waals surface area (Å²) < 4.78 is 4.90. The Morgan fingerprint density at radius 3 is 1.95 bits per heavy atom. The molecule has 0 amide bonds. The Labute approximate surface area is 141 Å². The van der Waals surface area contributed by atoms with Crippen LogP contribution in [0.2, 0.25) is 0 Å². The predicted octanol–water partition coefficient (Wildman–Crippen LogP) is 3.70. The van der Waals surface area contributed by atoms with Crippen molar-refractivity contribution in [1.29, 1.82) is 0 Å². The molecule has 0 unspecified atom stereocenters. The van der Waals surface area contributed by atoms with Crippen LogP contribution in [0.4, 0.5) is 0 Å². The van der Waals surface area contributed by atoms with E-state index in [0.29, 0.717) is 6.61 Å². The fourth-order valence-corrected chi connectivity index (χ4v) is 1.80. The number of allylic oxidation sites excluding steroid dienone is 1. The molecule has 0 heterocycles. The summed E-state index contributed by atoms with van der Waals surface area (Å²) in [7, 11) is 0. The van der Waals surface area contributed by atoms with Crippen LogP contribution in [0, 0.1) is 63.7 Å². The minimum absolute atomic E-state index is 0. The van der Waals surface area contributed by atoms with Crippen molar-refractivity contribution < 1.29 is 26.6 Å². The summed E-state index contributed by atoms with van der Waals surface area (Å²) in [5, 5.41) is 0. The van der Waals surface area contributed by atoms with Crippen molar-refractivity contribution in [3.63, 3.8) is 0 Å². The molecule has 2 nitrogen and oxygen atoms in total. The third kappa shape index (κ3) is 9.37. The molecule has 0 N–H and O–H groups in total. The molecule has 2 rings (SSSR count). The zero-order valence-corrected chi connectivity index (χ0v) is 13.7. The topological polar surface area (TPSA) is 26.3 Å². The van der Waals surface area contributed by atoms with E-state index in [9.17, 15) is 4.79 Å². The van der Waals surface area contributed by atoms with Crippen LogP contribution in [0.25, 0.3) is 0 Å². The van der Waals surface area contributed by atoms with E-state index < -0.39 is 0 Å². The molecule has 0 saturated heterocycles. The van der Waals surface area contributed by atoms with Crippen molar-refractivity contribution in [2.75, 3.05) is 6.61 Å². The molecule has 2 aliphatic rings. The van der Waals surface area contributed by atoms with Crippen molar-refractivity contribution in [1.82, 2.24) is 0 Å². The van der Waals surface area contributed by atoms with Crippen LogP contribution < -0.4 is 0 Å². The Morgan fingerprint density at radius 1 is 1.00 bits per heavy atom. The van der Waals surface area contributed by atoms with Crippen LogP contribution in [-0.2, 0) is 26.6 Å². The molecule has 21 heavy (non-hydrogen) atoms. The maximum atomic E-state index is 11.3. The van der Waals surface area contributed by atoms with Gasteiger partial charge in [-0.25, -0.2) is 4.79 Å². The van der Waals surface area contributed by atoms with E-state index in [1.54, 1.807) is 6.08 Å². The molecule has 0 bridgehead atoms. The molecule has 0 atom stereocenters. The number of carbonyl (C=O) groups is 1. The second-order valence-corrected chi connectivity index (χ2v) is 4.31. The van der Waals surface area contributed by atoms with Crippen LogP contribution in [-0.4, -0.2) is 12.6 Å². The van der Waals surface area contributed by atoms with Gasteiger partial charge in [0.1, 0.15) is 0 Å². The van der Waals surface area contributed by atoms with E-state index in [1.165, 1.54) is 0 Å². The Kier molecular flexibility index (Phi) is 13.2. The van der Waals surface area contributed by atoms with Gasteiger partial charge < -0.3 is 4.74 Å². The Balaban J connectivity index is 0.000000562. The number of hydrogen-bond acceptors (Lipinski definition) is 2. The Hall–Kier alpha value is -0.271. The van der Waals surface area contributed by atoms with Gasteiger partial charge in [0.15, 0.2) is 0 Å². The van der Waals surface area contributed by atoms with E-state index in [0.717, 1.165) is 24.3 Å². The summed E-state index contributed by atoms with van der Waals surface area (Å²) in [6, 6.07) is 0. The van der Waals surface area contributed by atoms with Crippen molar-refractivity contribution >= 4 is 5.97 Å². The maximum Gasteiger partial charge on any atom is 2.00 e. The molecule has 112 valence electrons. The second kappa shape index (κ2) is 13.4. The van der Waals surface area contributed by atoms with Crippen LogP contribution in [0.5, 0.6) is 0 Å². The van der Waals surface area contributed by atoms with Gasteiger partial charge in [-0.1, -0.05) is 18.9 Å². The van der Waals surface area contributed by atoms with Crippen molar-refractivity contribution in [3.05, 3.63) is 75.4 Å². The number of rotatable bonds is 5. The second-order valence-electron chi connectivity index (χ2n) is 4.31. The number of hydrogen-bond donors (Lipinski definition) is 0. The van der Waals surface area contributed by atoms with Gasteiger partial charge in [0.2, 0.25) is 0 Å². The monoisotopic (exact) mass is 326 g/mol. The molecule has 0 aliphatic heterocycles. The Morgan fingerprint density at radius 2 is 1.52 bits per heavy atom. The van der Waals surface area contributed by atoms with Gasteiger partial charge in [0.05, 0.1) is 6.61 Å². The van der Waals surface area contributed by atoms with Gasteiger partial charge in [-0.15, -0.1) is 0 Å². The van der Waals surface area contributed by atoms with Crippen LogP contribution >= 0.6 is 0 Å². The van der Waals surface area contributed by atoms with E-state index in [4.69, 9.17) is 4.74 Å². The molecule has 0 aromatic rings. The quantitative estimate of drug-likeness (QED) is 0.437. The third-order valence-corrected chi connectivity index (χ3v) is 2.69. The van der Waals surface area contributed by atoms with Gasteiger partial charge in [0.25, 0.3) is 0 Å². The molecule has 10 radical (unpaired) electrons. The van der Waals surface area contributed by atoms with E-state index in [-0.39, 0.29) is 23.0 Å². The summed E-state index contributed by atoms with van der Waals surface area (Å²) in [5.74, 6) is 0.868. The van der Waals surface area contributed by atoms with Gasteiger partial charge in [-0.05, 0) is 71.1 Å². The van der Waals surface area contributed by atoms with Crippen LogP contribution in [0.15, 0.2) is 11.6 Å². The molecule has 0 aromatic carbocycles. The van der Waals surface area contributed by atoms with Crippen LogP contribution in [0.3, 0.4) is 0 Å². The number of esters is 1. The average Bonchev–Trinajstić information content (AvgIpc) is 3.15. The van der Waals surface area contributed by atoms with Gasteiger partial charge in [-0.2, -0.15) is 0 Å². The first kappa shape index (κ1) is 20.7.